The van der Waals surface area contributed by atoms with Gasteiger partial charge < -0.3 is 5.32 Å². The Bertz CT molecular complexity index is 358. The van der Waals surface area contributed by atoms with Crippen LogP contribution in [0.15, 0.2) is 17.5 Å². The van der Waals surface area contributed by atoms with Gasteiger partial charge in [0.05, 0.1) is 0 Å². The van der Waals surface area contributed by atoms with E-state index in [-0.39, 0.29) is 0 Å². The van der Waals surface area contributed by atoms with Crippen LogP contribution in [-0.2, 0) is 0 Å². The molecule has 1 aliphatic carbocycles. The fourth-order valence-electron chi connectivity index (χ4n) is 3.07. The third kappa shape index (κ3) is 2.56. The van der Waals surface area contributed by atoms with E-state index in [1.54, 1.807) is 0 Å². The standard InChI is InChI=1S/C14H22N2S/c1-10-8-12(9-16(10)13-5-6-13)15-11(2)14-4-3-7-17-14/h3-4,7,10-13,15H,5-6,8-9H2,1-2H3/t10?,11-,12?/m0/s1. The van der Waals surface area contributed by atoms with Crippen LogP contribution < -0.4 is 5.32 Å². The maximum Gasteiger partial charge on any atom is 0.0388 e. The van der Waals surface area contributed by atoms with Gasteiger partial charge in [-0.05, 0) is 44.6 Å². The van der Waals surface area contributed by atoms with E-state index in [2.05, 4.69) is 41.6 Å². The summed E-state index contributed by atoms with van der Waals surface area (Å²) < 4.78 is 0. The van der Waals surface area contributed by atoms with Crippen molar-refractivity contribution in [3.05, 3.63) is 22.4 Å². The molecule has 3 heteroatoms. The molecule has 1 aliphatic heterocycles. The molecule has 2 heterocycles. The highest BCUT2D eigenvalue weighted by Crippen LogP contribution is 2.34. The van der Waals surface area contributed by atoms with Gasteiger partial charge in [0.15, 0.2) is 0 Å². The minimum Gasteiger partial charge on any atom is -0.305 e. The van der Waals surface area contributed by atoms with Gasteiger partial charge in [-0.1, -0.05) is 6.07 Å². The molecule has 2 nitrogen and oxygen atoms in total. The van der Waals surface area contributed by atoms with Crippen molar-refractivity contribution < 1.29 is 0 Å². The molecule has 94 valence electrons. The van der Waals surface area contributed by atoms with E-state index in [0.29, 0.717) is 12.1 Å². The molecule has 0 aromatic carbocycles. The Hall–Kier alpha value is -0.380. The number of thiophene rings is 1. The zero-order chi connectivity index (χ0) is 11.8. The van der Waals surface area contributed by atoms with Crippen molar-refractivity contribution in [2.45, 2.75) is 57.3 Å². The molecule has 0 bridgehead atoms. The number of nitrogens with zero attached hydrogens (tertiary/aromatic N) is 1. The average Bonchev–Trinajstić information content (AvgIpc) is 2.86. The molecule has 1 aromatic rings. The summed E-state index contributed by atoms with van der Waals surface area (Å²) >= 11 is 1.86. The molecule has 2 unspecified atom stereocenters. The van der Waals surface area contributed by atoms with E-state index in [0.717, 1.165) is 12.1 Å². The number of hydrogen-bond donors (Lipinski definition) is 1. The molecule has 17 heavy (non-hydrogen) atoms. The van der Waals surface area contributed by atoms with Crippen LogP contribution in [0.3, 0.4) is 0 Å². The molecule has 0 amide bonds. The lowest BCUT2D eigenvalue weighted by Gasteiger charge is -2.20. The Labute approximate surface area is 108 Å². The summed E-state index contributed by atoms with van der Waals surface area (Å²) in [5.74, 6) is 0. The van der Waals surface area contributed by atoms with Crippen molar-refractivity contribution in [3.63, 3.8) is 0 Å². The summed E-state index contributed by atoms with van der Waals surface area (Å²) in [6.45, 7) is 5.92. The first-order chi connectivity index (χ1) is 8.24. The summed E-state index contributed by atoms with van der Waals surface area (Å²) in [5, 5.41) is 5.96. The summed E-state index contributed by atoms with van der Waals surface area (Å²) in [7, 11) is 0. The Morgan fingerprint density at radius 3 is 2.94 bits per heavy atom. The van der Waals surface area contributed by atoms with Gasteiger partial charge in [-0.2, -0.15) is 0 Å². The van der Waals surface area contributed by atoms with Crippen molar-refractivity contribution in [2.75, 3.05) is 6.54 Å². The molecule has 2 aliphatic rings. The summed E-state index contributed by atoms with van der Waals surface area (Å²) in [6, 6.07) is 7.25. The first-order valence-electron chi connectivity index (χ1n) is 6.79. The summed E-state index contributed by atoms with van der Waals surface area (Å²) in [4.78, 5) is 4.17. The van der Waals surface area contributed by atoms with Crippen LogP contribution in [0.25, 0.3) is 0 Å². The average molecular weight is 250 g/mol. The second kappa shape index (κ2) is 4.71. The maximum absolute atomic E-state index is 3.79. The normalized spacial score (nSPS) is 31.9. The number of likely N-dealkylation sites (tertiary alicyclic amines) is 1. The highest BCUT2D eigenvalue weighted by atomic mass is 32.1. The molecular formula is C14H22N2S. The molecule has 2 fully saturated rings. The second-order valence-electron chi connectivity index (χ2n) is 5.61. The zero-order valence-electron chi connectivity index (χ0n) is 10.7. The fraction of sp³-hybridized carbons (Fsp3) is 0.714. The molecule has 1 saturated heterocycles. The molecule has 1 N–H and O–H groups in total. The van der Waals surface area contributed by atoms with Gasteiger partial charge >= 0.3 is 0 Å². The summed E-state index contributed by atoms with van der Waals surface area (Å²) in [6.07, 6.45) is 4.17. The van der Waals surface area contributed by atoms with E-state index in [1.165, 1.54) is 30.7 Å². The monoisotopic (exact) mass is 250 g/mol. The van der Waals surface area contributed by atoms with Crippen LogP contribution in [0.2, 0.25) is 0 Å². The van der Waals surface area contributed by atoms with Gasteiger partial charge in [0.25, 0.3) is 0 Å². The molecule has 3 rings (SSSR count). The zero-order valence-corrected chi connectivity index (χ0v) is 11.5. The second-order valence-corrected chi connectivity index (χ2v) is 6.59. The highest BCUT2D eigenvalue weighted by molar-refractivity contribution is 7.10. The first kappa shape index (κ1) is 11.7. The van der Waals surface area contributed by atoms with Crippen molar-refractivity contribution in [2.24, 2.45) is 0 Å². The lowest BCUT2D eigenvalue weighted by Crippen LogP contribution is -2.35. The molecule has 3 atom stereocenters. The van der Waals surface area contributed by atoms with Crippen LogP contribution in [0.1, 0.15) is 44.0 Å². The van der Waals surface area contributed by atoms with Gasteiger partial charge in [0.1, 0.15) is 0 Å². The first-order valence-corrected chi connectivity index (χ1v) is 7.67. The molecule has 0 spiro atoms. The maximum atomic E-state index is 3.79. The van der Waals surface area contributed by atoms with Gasteiger partial charge in [-0.3, -0.25) is 4.90 Å². The Kier molecular flexibility index (Phi) is 3.24. The fourth-order valence-corrected chi connectivity index (χ4v) is 3.81. The van der Waals surface area contributed by atoms with Gasteiger partial charge in [0, 0.05) is 35.6 Å². The van der Waals surface area contributed by atoms with E-state index < -0.39 is 0 Å². The highest BCUT2D eigenvalue weighted by Gasteiger charge is 2.38. The topological polar surface area (TPSA) is 15.3 Å². The predicted octanol–water partition coefficient (Wildman–Crippen LogP) is 3.02. The van der Waals surface area contributed by atoms with E-state index >= 15 is 0 Å². The van der Waals surface area contributed by atoms with Crippen molar-refractivity contribution in [1.29, 1.82) is 0 Å². The quantitative estimate of drug-likeness (QED) is 0.883. The minimum atomic E-state index is 0.506. The Balaban J connectivity index is 1.56. The van der Waals surface area contributed by atoms with Crippen LogP contribution in [0.5, 0.6) is 0 Å². The predicted molar refractivity (Wildman–Crippen MR) is 73.5 cm³/mol. The molecule has 0 radical (unpaired) electrons. The van der Waals surface area contributed by atoms with Crippen molar-refractivity contribution in [3.8, 4) is 0 Å². The lowest BCUT2D eigenvalue weighted by atomic mass is 10.1. The lowest BCUT2D eigenvalue weighted by molar-refractivity contribution is 0.254. The number of rotatable bonds is 4. The minimum absolute atomic E-state index is 0.506. The summed E-state index contributed by atoms with van der Waals surface area (Å²) in [5.41, 5.74) is 0. The van der Waals surface area contributed by atoms with E-state index in [4.69, 9.17) is 0 Å². The SMILES string of the molecule is CC1CC(N[C@@H](C)c2cccs2)CN1C1CC1. The van der Waals surface area contributed by atoms with E-state index in [1.807, 2.05) is 11.3 Å². The van der Waals surface area contributed by atoms with Crippen molar-refractivity contribution >= 4 is 11.3 Å². The third-order valence-electron chi connectivity index (χ3n) is 4.09. The molecule has 1 saturated carbocycles. The van der Waals surface area contributed by atoms with Crippen molar-refractivity contribution in [1.82, 2.24) is 10.2 Å². The Morgan fingerprint density at radius 2 is 2.29 bits per heavy atom. The van der Waals surface area contributed by atoms with Crippen LogP contribution >= 0.6 is 11.3 Å². The van der Waals surface area contributed by atoms with Crippen LogP contribution in [0.4, 0.5) is 0 Å². The number of nitrogens with one attached hydrogen (secondary N) is 1. The van der Waals surface area contributed by atoms with Crippen LogP contribution in [-0.4, -0.2) is 29.6 Å². The molecule has 1 aromatic heterocycles. The van der Waals surface area contributed by atoms with Gasteiger partial charge in [-0.15, -0.1) is 11.3 Å². The molecular weight excluding hydrogens is 228 g/mol. The smallest absolute Gasteiger partial charge is 0.0388 e. The van der Waals surface area contributed by atoms with Gasteiger partial charge in [-0.25, -0.2) is 0 Å². The van der Waals surface area contributed by atoms with Gasteiger partial charge in [0.2, 0.25) is 0 Å². The number of hydrogen-bond acceptors (Lipinski definition) is 3. The largest absolute Gasteiger partial charge is 0.305 e. The van der Waals surface area contributed by atoms with E-state index in [9.17, 15) is 0 Å². The van der Waals surface area contributed by atoms with Crippen LogP contribution in [0, 0.1) is 0 Å². The Morgan fingerprint density at radius 1 is 1.47 bits per heavy atom. The third-order valence-corrected chi connectivity index (χ3v) is 5.15.